The van der Waals surface area contributed by atoms with E-state index >= 15 is 0 Å². The minimum Gasteiger partial charge on any atom is -0.380 e. The maximum atomic E-state index is 5.14. The first-order valence-electron chi connectivity index (χ1n) is 4.11. The molecule has 68 valence electrons. The molecule has 0 amide bonds. The zero-order valence-electron chi connectivity index (χ0n) is 7.25. The van der Waals surface area contributed by atoms with Gasteiger partial charge in [-0.1, -0.05) is 5.16 Å². The Hall–Kier alpha value is -0.870. The van der Waals surface area contributed by atoms with Crippen molar-refractivity contribution in [1.29, 1.82) is 0 Å². The predicted molar refractivity (Wildman–Crippen MR) is 44.7 cm³/mol. The smallest absolute Gasteiger partial charge is 0.150 e. The molecule has 4 nitrogen and oxygen atoms in total. The van der Waals surface area contributed by atoms with Crippen LogP contribution in [0.5, 0.6) is 0 Å². The van der Waals surface area contributed by atoms with Gasteiger partial charge in [0, 0.05) is 19.2 Å². The van der Waals surface area contributed by atoms with Crippen molar-refractivity contribution in [2.75, 3.05) is 19.8 Å². The summed E-state index contributed by atoms with van der Waals surface area (Å²) < 4.78 is 10.0. The van der Waals surface area contributed by atoms with Crippen LogP contribution in [0.3, 0.4) is 0 Å². The van der Waals surface area contributed by atoms with E-state index in [0.717, 1.165) is 25.5 Å². The number of nitrogens with zero attached hydrogens (tertiary/aromatic N) is 1. The van der Waals surface area contributed by atoms with Gasteiger partial charge in [-0.25, -0.2) is 0 Å². The quantitative estimate of drug-likeness (QED) is 0.641. The Kier molecular flexibility index (Phi) is 4.41. The molecule has 0 fully saturated rings. The van der Waals surface area contributed by atoms with Crippen LogP contribution in [0.2, 0.25) is 0 Å². The fourth-order valence-electron chi connectivity index (χ4n) is 0.834. The molecule has 0 atom stereocenters. The minimum atomic E-state index is 0.715. The molecule has 0 saturated heterocycles. The third-order valence-corrected chi connectivity index (χ3v) is 1.42. The molecule has 0 aliphatic rings. The van der Waals surface area contributed by atoms with Gasteiger partial charge >= 0.3 is 0 Å². The average molecular weight is 170 g/mol. The van der Waals surface area contributed by atoms with Crippen LogP contribution in [0.4, 0.5) is 0 Å². The Balaban J connectivity index is 1.96. The molecular formula is C8H14N2O2. The number of rotatable bonds is 6. The first-order valence-corrected chi connectivity index (χ1v) is 4.11. The second-order valence-corrected chi connectivity index (χ2v) is 2.35. The van der Waals surface area contributed by atoms with Crippen molar-refractivity contribution in [3.63, 3.8) is 0 Å². The zero-order valence-corrected chi connectivity index (χ0v) is 7.25. The molecule has 1 rings (SSSR count). The van der Waals surface area contributed by atoms with E-state index in [9.17, 15) is 0 Å². The van der Waals surface area contributed by atoms with Crippen LogP contribution < -0.4 is 5.32 Å². The van der Waals surface area contributed by atoms with Gasteiger partial charge in [0.15, 0.2) is 0 Å². The van der Waals surface area contributed by atoms with E-state index in [1.54, 1.807) is 6.20 Å². The van der Waals surface area contributed by atoms with E-state index < -0.39 is 0 Å². The Morgan fingerprint density at radius 1 is 1.67 bits per heavy atom. The van der Waals surface area contributed by atoms with E-state index in [1.807, 2.05) is 13.0 Å². The SMILES string of the molecule is CCOCCNCc1ccno1. The number of hydrogen-bond donors (Lipinski definition) is 1. The van der Waals surface area contributed by atoms with Crippen LogP contribution in [-0.2, 0) is 11.3 Å². The van der Waals surface area contributed by atoms with Gasteiger partial charge in [0.1, 0.15) is 5.76 Å². The molecule has 0 saturated carbocycles. The lowest BCUT2D eigenvalue weighted by Crippen LogP contribution is -2.18. The Bertz CT molecular complexity index is 187. The summed E-state index contributed by atoms with van der Waals surface area (Å²) in [5, 5.41) is 6.75. The molecule has 0 unspecified atom stereocenters. The van der Waals surface area contributed by atoms with Crippen molar-refractivity contribution < 1.29 is 9.26 Å². The Morgan fingerprint density at radius 3 is 3.25 bits per heavy atom. The van der Waals surface area contributed by atoms with E-state index in [2.05, 4.69) is 10.5 Å². The molecule has 12 heavy (non-hydrogen) atoms. The molecule has 0 aliphatic carbocycles. The second-order valence-electron chi connectivity index (χ2n) is 2.35. The lowest BCUT2D eigenvalue weighted by Gasteiger charge is -2.01. The fraction of sp³-hybridized carbons (Fsp3) is 0.625. The molecule has 0 bridgehead atoms. The Morgan fingerprint density at radius 2 is 2.58 bits per heavy atom. The van der Waals surface area contributed by atoms with Crippen LogP contribution in [0.1, 0.15) is 12.7 Å². The molecule has 0 spiro atoms. The van der Waals surface area contributed by atoms with Crippen LogP contribution in [0, 0.1) is 0 Å². The van der Waals surface area contributed by atoms with Gasteiger partial charge in [0.2, 0.25) is 0 Å². The largest absolute Gasteiger partial charge is 0.380 e. The van der Waals surface area contributed by atoms with Crippen molar-refractivity contribution in [3.8, 4) is 0 Å². The normalized spacial score (nSPS) is 10.4. The van der Waals surface area contributed by atoms with Gasteiger partial charge in [-0.2, -0.15) is 0 Å². The van der Waals surface area contributed by atoms with Crippen molar-refractivity contribution in [3.05, 3.63) is 18.0 Å². The van der Waals surface area contributed by atoms with Gasteiger partial charge in [0.25, 0.3) is 0 Å². The van der Waals surface area contributed by atoms with Crippen LogP contribution in [-0.4, -0.2) is 24.9 Å². The summed E-state index contributed by atoms with van der Waals surface area (Å²) in [7, 11) is 0. The molecule has 1 heterocycles. The lowest BCUT2D eigenvalue weighted by molar-refractivity contribution is 0.148. The standard InChI is InChI=1S/C8H14N2O2/c1-2-11-6-5-9-7-8-3-4-10-12-8/h3-4,9H,2,5-7H2,1H3. The highest BCUT2D eigenvalue weighted by Crippen LogP contribution is 1.93. The number of hydrogen-bond acceptors (Lipinski definition) is 4. The van der Waals surface area contributed by atoms with Crippen molar-refractivity contribution in [2.24, 2.45) is 0 Å². The van der Waals surface area contributed by atoms with Gasteiger partial charge in [-0.3, -0.25) is 0 Å². The van der Waals surface area contributed by atoms with Crippen LogP contribution in [0.25, 0.3) is 0 Å². The summed E-state index contributed by atoms with van der Waals surface area (Å²) in [5.74, 6) is 0.853. The van der Waals surface area contributed by atoms with Gasteiger partial charge in [0.05, 0.1) is 19.3 Å². The maximum Gasteiger partial charge on any atom is 0.150 e. The molecule has 0 aliphatic heterocycles. The van der Waals surface area contributed by atoms with E-state index in [1.165, 1.54) is 0 Å². The molecule has 1 N–H and O–H groups in total. The second kappa shape index (κ2) is 5.74. The first kappa shape index (κ1) is 9.22. The summed E-state index contributed by atoms with van der Waals surface area (Å²) >= 11 is 0. The molecule has 1 aromatic heterocycles. The molecule has 1 aromatic rings. The third kappa shape index (κ3) is 3.50. The van der Waals surface area contributed by atoms with Crippen molar-refractivity contribution >= 4 is 0 Å². The maximum absolute atomic E-state index is 5.14. The van der Waals surface area contributed by atoms with E-state index in [4.69, 9.17) is 9.26 Å². The van der Waals surface area contributed by atoms with E-state index in [-0.39, 0.29) is 0 Å². The first-order chi connectivity index (χ1) is 5.93. The third-order valence-electron chi connectivity index (χ3n) is 1.42. The van der Waals surface area contributed by atoms with Gasteiger partial charge in [-0.05, 0) is 6.92 Å². The monoisotopic (exact) mass is 170 g/mol. The molecule has 0 radical (unpaired) electrons. The van der Waals surface area contributed by atoms with Crippen LogP contribution in [0.15, 0.2) is 16.8 Å². The summed E-state index contributed by atoms with van der Waals surface area (Å²) in [4.78, 5) is 0. The average Bonchev–Trinajstić information content (AvgIpc) is 2.57. The Labute approximate surface area is 71.9 Å². The highest BCUT2D eigenvalue weighted by Gasteiger charge is 1.94. The number of aromatic nitrogens is 1. The summed E-state index contributed by atoms with van der Waals surface area (Å²) in [6.45, 7) is 5.05. The van der Waals surface area contributed by atoms with Gasteiger partial charge in [-0.15, -0.1) is 0 Å². The predicted octanol–water partition coefficient (Wildman–Crippen LogP) is 0.801. The summed E-state index contributed by atoms with van der Waals surface area (Å²) in [5.41, 5.74) is 0. The minimum absolute atomic E-state index is 0.715. The van der Waals surface area contributed by atoms with Gasteiger partial charge < -0.3 is 14.6 Å². The van der Waals surface area contributed by atoms with E-state index in [0.29, 0.717) is 6.54 Å². The molecular weight excluding hydrogens is 156 g/mol. The summed E-state index contributed by atoms with van der Waals surface area (Å²) in [6, 6.07) is 1.84. The molecule has 0 aromatic carbocycles. The lowest BCUT2D eigenvalue weighted by atomic mass is 10.4. The molecule has 4 heteroatoms. The topological polar surface area (TPSA) is 47.3 Å². The zero-order chi connectivity index (χ0) is 8.65. The van der Waals surface area contributed by atoms with Crippen molar-refractivity contribution in [2.45, 2.75) is 13.5 Å². The highest BCUT2D eigenvalue weighted by atomic mass is 16.5. The van der Waals surface area contributed by atoms with Crippen molar-refractivity contribution in [1.82, 2.24) is 10.5 Å². The highest BCUT2D eigenvalue weighted by molar-refractivity contribution is 4.91. The number of nitrogens with one attached hydrogen (secondary N) is 1. The summed E-state index contributed by atoms with van der Waals surface area (Å²) in [6.07, 6.45) is 1.64. The van der Waals surface area contributed by atoms with Crippen LogP contribution >= 0.6 is 0 Å². The number of ether oxygens (including phenoxy) is 1. The fourth-order valence-corrected chi connectivity index (χ4v) is 0.834.